The lowest BCUT2D eigenvalue weighted by molar-refractivity contribution is 0.483. The number of para-hydroxylation sites is 2. The highest BCUT2D eigenvalue weighted by Crippen LogP contribution is 2.33. The fourth-order valence-corrected chi connectivity index (χ4v) is 3.27. The molecule has 0 bridgehead atoms. The van der Waals surface area contributed by atoms with E-state index < -0.39 is 0 Å². The van der Waals surface area contributed by atoms with Gasteiger partial charge in [-0.05, 0) is 58.4 Å². The monoisotopic (exact) mass is 415 g/mol. The van der Waals surface area contributed by atoms with E-state index in [-0.39, 0.29) is 0 Å². The van der Waals surface area contributed by atoms with Crippen molar-refractivity contribution < 1.29 is 4.74 Å². The average molecular weight is 416 g/mol. The molecule has 0 aliphatic rings. The molecule has 1 heterocycles. The highest BCUT2D eigenvalue weighted by Gasteiger charge is 2.13. The molecule has 4 aromatic rings. The van der Waals surface area contributed by atoms with Crippen molar-refractivity contribution in [2.75, 3.05) is 5.32 Å². The Bertz CT molecular complexity index is 1140. The van der Waals surface area contributed by atoms with Crippen LogP contribution >= 0.6 is 15.9 Å². The lowest BCUT2D eigenvalue weighted by atomic mass is 10.1. The molecule has 130 valence electrons. The van der Waals surface area contributed by atoms with E-state index in [1.807, 2.05) is 78.9 Å². The number of pyridine rings is 1. The third kappa shape index (κ3) is 3.62. The Morgan fingerprint density at radius 3 is 2.26 bits per heavy atom. The molecular formula is C22H14BrN3O. The summed E-state index contributed by atoms with van der Waals surface area (Å²) in [6.07, 6.45) is 0. The van der Waals surface area contributed by atoms with E-state index in [1.54, 1.807) is 0 Å². The van der Waals surface area contributed by atoms with E-state index in [0.717, 1.165) is 33.8 Å². The third-order valence-corrected chi connectivity index (χ3v) is 4.64. The van der Waals surface area contributed by atoms with Crippen molar-refractivity contribution in [3.05, 3.63) is 89.0 Å². The maximum atomic E-state index is 9.56. The van der Waals surface area contributed by atoms with E-state index in [4.69, 9.17) is 4.74 Å². The van der Waals surface area contributed by atoms with E-state index >= 15 is 0 Å². The van der Waals surface area contributed by atoms with Crippen molar-refractivity contribution in [1.29, 1.82) is 5.26 Å². The summed E-state index contributed by atoms with van der Waals surface area (Å²) in [5.74, 6) is 1.53. The second kappa shape index (κ2) is 7.48. The van der Waals surface area contributed by atoms with Crippen molar-refractivity contribution in [3.8, 4) is 17.6 Å². The fourth-order valence-electron chi connectivity index (χ4n) is 2.79. The quantitative estimate of drug-likeness (QED) is 0.391. The molecule has 4 nitrogen and oxygen atoms in total. The van der Waals surface area contributed by atoms with Gasteiger partial charge in [-0.1, -0.05) is 36.4 Å². The van der Waals surface area contributed by atoms with Crippen LogP contribution in [0.5, 0.6) is 11.5 Å². The molecule has 0 saturated heterocycles. The standard InChI is InChI=1S/C22H14BrN3O/c23-22-19(14-24)21(18-8-4-5-9-20(18)26-22)25-15-10-12-17(13-11-15)27-16-6-2-1-3-7-16/h1-13H,(H,25,26). The molecule has 0 atom stereocenters. The first kappa shape index (κ1) is 17.1. The first-order valence-corrected chi connectivity index (χ1v) is 9.12. The predicted octanol–water partition coefficient (Wildman–Crippen LogP) is 6.40. The molecule has 0 aliphatic carbocycles. The van der Waals surface area contributed by atoms with Crippen LogP contribution in [0.15, 0.2) is 83.5 Å². The molecule has 5 heteroatoms. The maximum Gasteiger partial charge on any atom is 0.127 e. The molecule has 0 unspecified atom stereocenters. The first-order chi connectivity index (χ1) is 13.2. The number of rotatable bonds is 4. The Morgan fingerprint density at radius 2 is 1.52 bits per heavy atom. The number of ether oxygens (including phenoxy) is 1. The Kier molecular flexibility index (Phi) is 4.73. The zero-order valence-electron chi connectivity index (χ0n) is 14.2. The summed E-state index contributed by atoms with van der Waals surface area (Å²) in [6.45, 7) is 0. The average Bonchev–Trinajstić information content (AvgIpc) is 2.70. The molecule has 1 N–H and O–H groups in total. The Morgan fingerprint density at radius 1 is 0.852 bits per heavy atom. The van der Waals surface area contributed by atoms with Gasteiger partial charge in [0.25, 0.3) is 0 Å². The second-order valence-corrected chi connectivity index (χ2v) is 6.60. The van der Waals surface area contributed by atoms with Crippen LogP contribution < -0.4 is 10.1 Å². The Hall–Kier alpha value is -3.36. The maximum absolute atomic E-state index is 9.56. The van der Waals surface area contributed by atoms with Gasteiger partial charge in [-0.3, -0.25) is 0 Å². The second-order valence-electron chi connectivity index (χ2n) is 5.85. The third-order valence-electron chi connectivity index (χ3n) is 4.06. The molecule has 0 fully saturated rings. The van der Waals surface area contributed by atoms with Crippen LogP contribution in [0.2, 0.25) is 0 Å². The molecule has 4 rings (SSSR count). The SMILES string of the molecule is N#Cc1c(Br)nc2ccccc2c1Nc1ccc(Oc2ccccc2)cc1. The highest BCUT2D eigenvalue weighted by atomic mass is 79.9. The molecule has 0 amide bonds. The van der Waals surface area contributed by atoms with Crippen molar-refractivity contribution in [2.24, 2.45) is 0 Å². The van der Waals surface area contributed by atoms with Crippen LogP contribution in [0.25, 0.3) is 10.9 Å². The van der Waals surface area contributed by atoms with Crippen LogP contribution in [0, 0.1) is 11.3 Å². The summed E-state index contributed by atoms with van der Waals surface area (Å²) in [6, 6.07) is 27.2. The number of nitrogens with one attached hydrogen (secondary N) is 1. The largest absolute Gasteiger partial charge is 0.457 e. The van der Waals surface area contributed by atoms with Gasteiger partial charge in [-0.25, -0.2) is 4.98 Å². The lowest BCUT2D eigenvalue weighted by Crippen LogP contribution is -1.98. The van der Waals surface area contributed by atoms with Gasteiger partial charge in [0, 0.05) is 11.1 Å². The van der Waals surface area contributed by atoms with Gasteiger partial charge in [-0.15, -0.1) is 0 Å². The van der Waals surface area contributed by atoms with Crippen LogP contribution in [-0.2, 0) is 0 Å². The van der Waals surface area contributed by atoms with Crippen molar-refractivity contribution in [1.82, 2.24) is 4.98 Å². The van der Waals surface area contributed by atoms with Crippen molar-refractivity contribution >= 4 is 38.2 Å². The van der Waals surface area contributed by atoms with Crippen LogP contribution in [0.1, 0.15) is 5.56 Å². The number of nitrogens with zero attached hydrogens (tertiary/aromatic N) is 2. The fraction of sp³-hybridized carbons (Fsp3) is 0. The van der Waals surface area contributed by atoms with Gasteiger partial charge in [0.2, 0.25) is 0 Å². The van der Waals surface area contributed by atoms with Gasteiger partial charge in [-0.2, -0.15) is 5.26 Å². The minimum atomic E-state index is 0.471. The number of hydrogen-bond donors (Lipinski definition) is 1. The van der Waals surface area contributed by atoms with E-state index in [1.165, 1.54) is 0 Å². The number of halogens is 1. The molecule has 0 aliphatic heterocycles. The van der Waals surface area contributed by atoms with Crippen molar-refractivity contribution in [3.63, 3.8) is 0 Å². The van der Waals surface area contributed by atoms with E-state index in [9.17, 15) is 5.26 Å². The van der Waals surface area contributed by atoms with Crippen LogP contribution in [0.4, 0.5) is 11.4 Å². The summed E-state index contributed by atoms with van der Waals surface area (Å²) < 4.78 is 6.34. The van der Waals surface area contributed by atoms with Gasteiger partial charge < -0.3 is 10.1 Å². The number of hydrogen-bond acceptors (Lipinski definition) is 4. The number of nitriles is 1. The van der Waals surface area contributed by atoms with Gasteiger partial charge >= 0.3 is 0 Å². The summed E-state index contributed by atoms with van der Waals surface area (Å²) in [7, 11) is 0. The first-order valence-electron chi connectivity index (χ1n) is 8.33. The zero-order chi connectivity index (χ0) is 18.6. The van der Waals surface area contributed by atoms with E-state index in [2.05, 4.69) is 32.3 Å². The molecule has 0 spiro atoms. The summed E-state index contributed by atoms with van der Waals surface area (Å²) in [4.78, 5) is 4.44. The molecular weight excluding hydrogens is 402 g/mol. The summed E-state index contributed by atoms with van der Waals surface area (Å²) in [5, 5.41) is 13.8. The van der Waals surface area contributed by atoms with Crippen molar-refractivity contribution in [2.45, 2.75) is 0 Å². The number of aromatic nitrogens is 1. The van der Waals surface area contributed by atoms with Crippen LogP contribution in [0.3, 0.4) is 0 Å². The van der Waals surface area contributed by atoms with Gasteiger partial charge in [0.15, 0.2) is 0 Å². The predicted molar refractivity (Wildman–Crippen MR) is 110 cm³/mol. The lowest BCUT2D eigenvalue weighted by Gasteiger charge is -2.13. The summed E-state index contributed by atoms with van der Waals surface area (Å²) in [5.41, 5.74) is 2.87. The highest BCUT2D eigenvalue weighted by molar-refractivity contribution is 9.10. The number of anilines is 2. The Balaban J connectivity index is 1.65. The molecule has 0 saturated carbocycles. The number of benzene rings is 3. The number of fused-ring (bicyclic) bond motifs is 1. The van der Waals surface area contributed by atoms with Crippen LogP contribution in [-0.4, -0.2) is 4.98 Å². The topological polar surface area (TPSA) is 57.9 Å². The minimum Gasteiger partial charge on any atom is -0.457 e. The van der Waals surface area contributed by atoms with E-state index in [0.29, 0.717) is 10.2 Å². The molecule has 3 aromatic carbocycles. The smallest absolute Gasteiger partial charge is 0.127 e. The zero-order valence-corrected chi connectivity index (χ0v) is 15.8. The minimum absolute atomic E-state index is 0.471. The Labute approximate surface area is 165 Å². The van der Waals surface area contributed by atoms with Gasteiger partial charge in [0.05, 0.1) is 11.2 Å². The molecule has 27 heavy (non-hydrogen) atoms. The normalized spacial score (nSPS) is 10.4. The van der Waals surface area contributed by atoms with Gasteiger partial charge in [0.1, 0.15) is 27.7 Å². The molecule has 1 aromatic heterocycles. The summed E-state index contributed by atoms with van der Waals surface area (Å²) >= 11 is 3.40. The molecule has 0 radical (unpaired) electrons.